The van der Waals surface area contributed by atoms with Gasteiger partial charge in [-0.2, -0.15) is 0 Å². The zero-order valence-corrected chi connectivity index (χ0v) is 4.48. The maximum absolute atomic E-state index is 9.94. The standard InChI is InChI=1S/C3H7ClN2O/c4-3(7)2(6)1-5/h2H,1,5-6H2. The molecule has 0 spiro atoms. The summed E-state index contributed by atoms with van der Waals surface area (Å²) in [7, 11) is 0. The Labute approximate surface area is 46.6 Å². The molecule has 7 heavy (non-hydrogen) atoms. The van der Waals surface area contributed by atoms with E-state index in [9.17, 15) is 4.79 Å². The molecule has 0 bridgehead atoms. The van der Waals surface area contributed by atoms with Crippen molar-refractivity contribution in [3.8, 4) is 0 Å². The maximum atomic E-state index is 9.94. The van der Waals surface area contributed by atoms with Gasteiger partial charge in [-0.15, -0.1) is 0 Å². The van der Waals surface area contributed by atoms with Gasteiger partial charge in [0, 0.05) is 6.54 Å². The topological polar surface area (TPSA) is 69.1 Å². The van der Waals surface area contributed by atoms with Gasteiger partial charge in [-0.05, 0) is 11.6 Å². The second-order valence-corrected chi connectivity index (χ2v) is 1.52. The normalized spacial score (nSPS) is 13.6. The molecule has 0 saturated carbocycles. The van der Waals surface area contributed by atoms with E-state index < -0.39 is 11.3 Å². The molecule has 0 fully saturated rings. The maximum Gasteiger partial charge on any atom is 0.239 e. The third kappa shape index (κ3) is 2.56. The fourth-order valence-electron chi connectivity index (χ4n) is 0.0927. The molecule has 0 saturated heterocycles. The van der Waals surface area contributed by atoms with Crippen molar-refractivity contribution in [2.24, 2.45) is 11.5 Å². The minimum absolute atomic E-state index is 0.113. The molecule has 0 aromatic rings. The van der Waals surface area contributed by atoms with Crippen LogP contribution < -0.4 is 11.5 Å². The van der Waals surface area contributed by atoms with E-state index in [2.05, 4.69) is 0 Å². The summed E-state index contributed by atoms with van der Waals surface area (Å²) in [5.41, 5.74) is 9.95. The summed E-state index contributed by atoms with van der Waals surface area (Å²) in [5, 5.41) is -0.581. The highest BCUT2D eigenvalue weighted by atomic mass is 35.5. The van der Waals surface area contributed by atoms with Crippen LogP contribution in [0.4, 0.5) is 0 Å². The van der Waals surface area contributed by atoms with E-state index in [0.717, 1.165) is 0 Å². The Bertz CT molecular complexity index is 75.3. The van der Waals surface area contributed by atoms with Crippen LogP contribution in [0.25, 0.3) is 0 Å². The van der Waals surface area contributed by atoms with Crippen LogP contribution in [0.1, 0.15) is 0 Å². The summed E-state index contributed by atoms with van der Waals surface area (Å²) < 4.78 is 0. The first-order chi connectivity index (χ1) is 3.18. The molecule has 0 aliphatic heterocycles. The number of rotatable bonds is 2. The third-order valence-corrected chi connectivity index (χ3v) is 0.826. The number of hydrogen-bond donors (Lipinski definition) is 2. The molecule has 0 aromatic heterocycles. The summed E-state index contributed by atoms with van der Waals surface area (Å²) in [4.78, 5) is 9.94. The van der Waals surface area contributed by atoms with Crippen LogP contribution in [0.15, 0.2) is 0 Å². The van der Waals surface area contributed by atoms with Gasteiger partial charge >= 0.3 is 0 Å². The first-order valence-corrected chi connectivity index (χ1v) is 2.21. The summed E-state index contributed by atoms with van der Waals surface area (Å²) >= 11 is 4.88. The second kappa shape index (κ2) is 2.96. The van der Waals surface area contributed by atoms with E-state index in [-0.39, 0.29) is 6.54 Å². The molecule has 4 heteroatoms. The van der Waals surface area contributed by atoms with Gasteiger partial charge in [-0.1, -0.05) is 0 Å². The van der Waals surface area contributed by atoms with Gasteiger partial charge in [0.05, 0.1) is 6.04 Å². The summed E-state index contributed by atoms with van der Waals surface area (Å²) in [6, 6.07) is -0.693. The quantitative estimate of drug-likeness (QED) is 0.464. The molecule has 42 valence electrons. The average molecular weight is 123 g/mol. The zero-order chi connectivity index (χ0) is 5.86. The van der Waals surface area contributed by atoms with E-state index in [1.54, 1.807) is 0 Å². The molecule has 0 aliphatic rings. The molecule has 0 rings (SSSR count). The molecule has 1 unspecified atom stereocenters. The largest absolute Gasteiger partial charge is 0.328 e. The lowest BCUT2D eigenvalue weighted by Crippen LogP contribution is -2.34. The highest BCUT2D eigenvalue weighted by molar-refractivity contribution is 6.64. The Morgan fingerprint density at radius 2 is 2.29 bits per heavy atom. The van der Waals surface area contributed by atoms with E-state index in [1.807, 2.05) is 0 Å². The van der Waals surface area contributed by atoms with Crippen molar-refractivity contribution in [3.05, 3.63) is 0 Å². The Balaban J connectivity index is 3.34. The lowest BCUT2D eigenvalue weighted by atomic mass is 10.4. The van der Waals surface area contributed by atoms with E-state index in [1.165, 1.54) is 0 Å². The van der Waals surface area contributed by atoms with Gasteiger partial charge in [-0.25, -0.2) is 0 Å². The SMILES string of the molecule is NCC(N)C(=O)Cl. The second-order valence-electron chi connectivity index (χ2n) is 1.15. The minimum Gasteiger partial charge on any atom is -0.328 e. The third-order valence-electron chi connectivity index (χ3n) is 0.545. The van der Waals surface area contributed by atoms with Crippen molar-refractivity contribution < 1.29 is 4.79 Å². The molecule has 4 N–H and O–H groups in total. The Hall–Kier alpha value is -0.120. The highest BCUT2D eigenvalue weighted by Gasteiger charge is 2.04. The van der Waals surface area contributed by atoms with E-state index in [0.29, 0.717) is 0 Å². The van der Waals surface area contributed by atoms with Crippen molar-refractivity contribution in [3.63, 3.8) is 0 Å². The van der Waals surface area contributed by atoms with Crippen molar-refractivity contribution in [2.45, 2.75) is 6.04 Å². The summed E-state index contributed by atoms with van der Waals surface area (Å²) in [5.74, 6) is 0. The Morgan fingerprint density at radius 3 is 2.29 bits per heavy atom. The first-order valence-electron chi connectivity index (χ1n) is 1.83. The number of halogens is 1. The van der Waals surface area contributed by atoms with Crippen LogP contribution in [0.5, 0.6) is 0 Å². The van der Waals surface area contributed by atoms with Gasteiger partial charge in [0.15, 0.2) is 0 Å². The first kappa shape index (κ1) is 6.88. The van der Waals surface area contributed by atoms with Gasteiger partial charge in [0.2, 0.25) is 5.24 Å². The fraction of sp³-hybridized carbons (Fsp3) is 0.667. The number of nitrogens with two attached hydrogens (primary N) is 2. The predicted octanol–water partition coefficient (Wildman–Crippen LogP) is -0.962. The van der Waals surface area contributed by atoms with Crippen LogP contribution in [0.2, 0.25) is 0 Å². The van der Waals surface area contributed by atoms with Crippen molar-refractivity contribution in [2.75, 3.05) is 6.54 Å². The van der Waals surface area contributed by atoms with Gasteiger partial charge < -0.3 is 11.5 Å². The predicted molar refractivity (Wildman–Crippen MR) is 27.9 cm³/mol. The fourth-order valence-corrected chi connectivity index (χ4v) is 0.182. The van der Waals surface area contributed by atoms with E-state index in [4.69, 9.17) is 23.1 Å². The summed E-state index contributed by atoms with van der Waals surface area (Å²) in [6.07, 6.45) is 0. The smallest absolute Gasteiger partial charge is 0.239 e. The van der Waals surface area contributed by atoms with Crippen LogP contribution >= 0.6 is 11.6 Å². The van der Waals surface area contributed by atoms with Crippen LogP contribution in [0.3, 0.4) is 0 Å². The molecule has 0 radical (unpaired) electrons. The summed E-state index contributed by atoms with van der Waals surface area (Å²) in [6.45, 7) is 0.113. The zero-order valence-electron chi connectivity index (χ0n) is 3.73. The van der Waals surface area contributed by atoms with Gasteiger partial charge in [0.25, 0.3) is 0 Å². The average Bonchev–Trinajstić information content (AvgIpc) is 1.65. The van der Waals surface area contributed by atoms with Crippen molar-refractivity contribution in [1.82, 2.24) is 0 Å². The van der Waals surface area contributed by atoms with E-state index >= 15 is 0 Å². The van der Waals surface area contributed by atoms with Crippen LogP contribution in [0, 0.1) is 0 Å². The highest BCUT2D eigenvalue weighted by Crippen LogP contribution is 1.81. The van der Waals surface area contributed by atoms with Gasteiger partial charge in [-0.3, -0.25) is 4.79 Å². The number of carbonyl (C=O) groups is 1. The molecule has 0 heterocycles. The number of carbonyl (C=O) groups excluding carboxylic acids is 1. The molecule has 0 aromatic carbocycles. The number of hydrogen-bond acceptors (Lipinski definition) is 3. The Kier molecular flexibility index (Phi) is 2.91. The van der Waals surface area contributed by atoms with Crippen LogP contribution in [-0.4, -0.2) is 17.8 Å². The minimum atomic E-state index is -0.693. The van der Waals surface area contributed by atoms with Gasteiger partial charge in [0.1, 0.15) is 0 Å². The Morgan fingerprint density at radius 1 is 1.86 bits per heavy atom. The van der Waals surface area contributed by atoms with Crippen molar-refractivity contribution >= 4 is 16.8 Å². The molecule has 0 amide bonds. The molecular weight excluding hydrogens is 115 g/mol. The van der Waals surface area contributed by atoms with Crippen LogP contribution in [-0.2, 0) is 4.79 Å². The van der Waals surface area contributed by atoms with Crippen molar-refractivity contribution in [1.29, 1.82) is 0 Å². The molecular formula is C3H7ClN2O. The lowest BCUT2D eigenvalue weighted by Gasteiger charge is -1.96. The molecule has 1 atom stereocenters. The molecule has 3 nitrogen and oxygen atoms in total. The lowest BCUT2D eigenvalue weighted by molar-refractivity contribution is -0.112. The molecule has 0 aliphatic carbocycles. The monoisotopic (exact) mass is 122 g/mol.